The van der Waals surface area contributed by atoms with Crippen LogP contribution in [0.4, 0.5) is 5.69 Å². The van der Waals surface area contributed by atoms with E-state index in [0.717, 1.165) is 12.5 Å². The van der Waals surface area contributed by atoms with Gasteiger partial charge in [0.2, 0.25) is 0 Å². The van der Waals surface area contributed by atoms with E-state index in [4.69, 9.17) is 0 Å². The molecule has 1 aliphatic heterocycles. The van der Waals surface area contributed by atoms with Crippen molar-refractivity contribution in [3.63, 3.8) is 0 Å². The maximum Gasteiger partial charge on any atom is 0.0350 e. The van der Waals surface area contributed by atoms with Crippen molar-refractivity contribution >= 4 is 28.3 Å². The molecule has 0 aliphatic carbocycles. The van der Waals surface area contributed by atoms with Crippen LogP contribution in [0.3, 0.4) is 0 Å². The molecule has 2 N–H and O–H groups in total. The molecule has 0 bridgehead atoms. The summed E-state index contributed by atoms with van der Waals surface area (Å²) in [5.74, 6) is 0.837. The highest BCUT2D eigenvalue weighted by atomic mass is 127. The van der Waals surface area contributed by atoms with Crippen molar-refractivity contribution in [2.45, 2.75) is 12.8 Å². The third-order valence-corrected chi connectivity index (χ3v) is 3.55. The van der Waals surface area contributed by atoms with Gasteiger partial charge in [-0.1, -0.05) is 6.07 Å². The van der Waals surface area contributed by atoms with Crippen molar-refractivity contribution in [2.24, 2.45) is 5.92 Å². The van der Waals surface area contributed by atoms with E-state index in [1.54, 1.807) is 0 Å². The molecule has 82 valence electrons. The topological polar surface area (TPSA) is 24.1 Å². The second-order valence-corrected chi connectivity index (χ2v) is 5.33. The Labute approximate surface area is 105 Å². The fourth-order valence-electron chi connectivity index (χ4n) is 1.95. The van der Waals surface area contributed by atoms with E-state index in [1.807, 2.05) is 0 Å². The molecule has 1 aliphatic rings. The van der Waals surface area contributed by atoms with Gasteiger partial charge in [0.25, 0.3) is 0 Å². The molecule has 0 unspecified atom stereocenters. The second-order valence-electron chi connectivity index (χ2n) is 4.08. The van der Waals surface area contributed by atoms with Crippen LogP contribution < -0.4 is 10.6 Å². The summed E-state index contributed by atoms with van der Waals surface area (Å²) in [4.78, 5) is 0. The first kappa shape index (κ1) is 11.2. The Bertz CT molecular complexity index is 308. The van der Waals surface area contributed by atoms with E-state index < -0.39 is 0 Å². The van der Waals surface area contributed by atoms with Gasteiger partial charge in [0.05, 0.1) is 0 Å². The molecule has 1 aromatic carbocycles. The predicted molar refractivity (Wildman–Crippen MR) is 73.2 cm³/mol. The Hall–Kier alpha value is -0.290. The Morgan fingerprint density at radius 3 is 2.87 bits per heavy atom. The highest BCUT2D eigenvalue weighted by Crippen LogP contribution is 2.15. The lowest BCUT2D eigenvalue weighted by Gasteiger charge is -2.23. The smallest absolute Gasteiger partial charge is 0.0350 e. The summed E-state index contributed by atoms with van der Waals surface area (Å²) in [5.41, 5.74) is 1.25. The van der Waals surface area contributed by atoms with Crippen LogP contribution >= 0.6 is 22.6 Å². The van der Waals surface area contributed by atoms with Gasteiger partial charge in [0, 0.05) is 15.8 Å². The van der Waals surface area contributed by atoms with E-state index >= 15 is 0 Å². The van der Waals surface area contributed by atoms with Crippen LogP contribution in [0.15, 0.2) is 24.3 Å². The molecule has 0 aromatic heterocycles. The van der Waals surface area contributed by atoms with Gasteiger partial charge in [-0.2, -0.15) is 0 Å². The summed E-state index contributed by atoms with van der Waals surface area (Å²) in [5, 5.41) is 6.92. The molecule has 3 heteroatoms. The van der Waals surface area contributed by atoms with E-state index in [-0.39, 0.29) is 0 Å². The normalized spacial score (nSPS) is 17.7. The Balaban J connectivity index is 1.81. The van der Waals surface area contributed by atoms with Gasteiger partial charge in [-0.3, -0.25) is 0 Å². The van der Waals surface area contributed by atoms with Gasteiger partial charge >= 0.3 is 0 Å². The van der Waals surface area contributed by atoms with E-state index in [9.17, 15) is 0 Å². The van der Waals surface area contributed by atoms with E-state index in [1.165, 1.54) is 35.2 Å². The first-order valence-electron chi connectivity index (χ1n) is 5.55. The number of halogens is 1. The molecule has 2 rings (SSSR count). The van der Waals surface area contributed by atoms with E-state index in [2.05, 4.69) is 57.5 Å². The van der Waals surface area contributed by atoms with Crippen molar-refractivity contribution in [2.75, 3.05) is 25.0 Å². The molecule has 1 aromatic rings. The summed E-state index contributed by atoms with van der Waals surface area (Å²) >= 11 is 2.35. The molecule has 0 radical (unpaired) electrons. The summed E-state index contributed by atoms with van der Waals surface area (Å²) < 4.78 is 1.29. The van der Waals surface area contributed by atoms with Gasteiger partial charge in [0.1, 0.15) is 0 Å². The predicted octanol–water partition coefficient (Wildman–Crippen LogP) is 2.70. The number of rotatable bonds is 3. The summed E-state index contributed by atoms with van der Waals surface area (Å²) in [7, 11) is 0. The molecular weight excluding hydrogens is 299 g/mol. The van der Waals surface area contributed by atoms with Crippen LogP contribution in [0.2, 0.25) is 0 Å². The molecule has 0 spiro atoms. The van der Waals surface area contributed by atoms with Crippen molar-refractivity contribution in [3.8, 4) is 0 Å². The van der Waals surface area contributed by atoms with E-state index in [0.29, 0.717) is 0 Å². The Kier molecular flexibility index (Phi) is 4.26. The maximum absolute atomic E-state index is 3.52. The SMILES string of the molecule is Ic1cccc(NCC2CCNCC2)c1. The van der Waals surface area contributed by atoms with Crippen LogP contribution in [0.5, 0.6) is 0 Å². The number of anilines is 1. The number of benzene rings is 1. The average molecular weight is 316 g/mol. The molecule has 15 heavy (non-hydrogen) atoms. The molecule has 0 saturated carbocycles. The van der Waals surface area contributed by atoms with Gasteiger partial charge < -0.3 is 10.6 Å². The number of piperidine rings is 1. The molecule has 0 atom stereocenters. The fourth-order valence-corrected chi connectivity index (χ4v) is 2.49. The zero-order valence-corrected chi connectivity index (χ0v) is 11.0. The minimum Gasteiger partial charge on any atom is -0.385 e. The molecule has 0 amide bonds. The van der Waals surface area contributed by atoms with Gasteiger partial charge in [0.15, 0.2) is 0 Å². The van der Waals surface area contributed by atoms with Crippen LogP contribution in [-0.2, 0) is 0 Å². The van der Waals surface area contributed by atoms with Crippen molar-refractivity contribution in [1.82, 2.24) is 5.32 Å². The van der Waals surface area contributed by atoms with Crippen LogP contribution in [0, 0.1) is 9.49 Å². The van der Waals surface area contributed by atoms with Crippen LogP contribution in [-0.4, -0.2) is 19.6 Å². The highest BCUT2D eigenvalue weighted by Gasteiger charge is 2.12. The second kappa shape index (κ2) is 5.70. The first-order valence-corrected chi connectivity index (χ1v) is 6.62. The third-order valence-electron chi connectivity index (χ3n) is 2.88. The van der Waals surface area contributed by atoms with Gasteiger partial charge in [-0.25, -0.2) is 0 Å². The minimum atomic E-state index is 0.837. The largest absolute Gasteiger partial charge is 0.385 e. The Morgan fingerprint density at radius 1 is 1.33 bits per heavy atom. The van der Waals surface area contributed by atoms with Gasteiger partial charge in [-0.05, 0) is 72.6 Å². The zero-order chi connectivity index (χ0) is 10.5. The number of hydrogen-bond acceptors (Lipinski definition) is 2. The number of nitrogens with one attached hydrogen (secondary N) is 2. The summed E-state index contributed by atoms with van der Waals surface area (Å²) in [6.07, 6.45) is 2.61. The quantitative estimate of drug-likeness (QED) is 0.838. The molecular formula is C12H17IN2. The molecule has 1 heterocycles. The lowest BCUT2D eigenvalue weighted by atomic mass is 9.98. The van der Waals surface area contributed by atoms with Crippen molar-refractivity contribution < 1.29 is 0 Å². The molecule has 2 nitrogen and oxygen atoms in total. The number of hydrogen-bond donors (Lipinski definition) is 2. The third kappa shape index (κ3) is 3.65. The molecule has 1 saturated heterocycles. The lowest BCUT2D eigenvalue weighted by molar-refractivity contribution is 0.390. The monoisotopic (exact) mass is 316 g/mol. The summed E-state index contributed by atoms with van der Waals surface area (Å²) in [6, 6.07) is 8.56. The maximum atomic E-state index is 3.52. The standard InChI is InChI=1S/C12H17IN2/c13-11-2-1-3-12(8-11)15-9-10-4-6-14-7-5-10/h1-3,8,10,14-15H,4-7,9H2. The van der Waals surface area contributed by atoms with Crippen LogP contribution in [0.1, 0.15) is 12.8 Å². The van der Waals surface area contributed by atoms with Crippen molar-refractivity contribution in [1.29, 1.82) is 0 Å². The molecule has 1 fully saturated rings. The minimum absolute atomic E-state index is 0.837. The first-order chi connectivity index (χ1) is 7.34. The van der Waals surface area contributed by atoms with Gasteiger partial charge in [-0.15, -0.1) is 0 Å². The summed E-state index contributed by atoms with van der Waals surface area (Å²) in [6.45, 7) is 3.47. The zero-order valence-electron chi connectivity index (χ0n) is 8.80. The Morgan fingerprint density at radius 2 is 2.13 bits per heavy atom. The lowest BCUT2D eigenvalue weighted by Crippen LogP contribution is -2.31. The van der Waals surface area contributed by atoms with Crippen LogP contribution in [0.25, 0.3) is 0 Å². The highest BCUT2D eigenvalue weighted by molar-refractivity contribution is 14.1. The fraction of sp³-hybridized carbons (Fsp3) is 0.500. The average Bonchev–Trinajstić information content (AvgIpc) is 2.28. The van der Waals surface area contributed by atoms with Crippen molar-refractivity contribution in [3.05, 3.63) is 27.8 Å².